The Morgan fingerprint density at radius 1 is 0.933 bits per heavy atom. The fraction of sp³-hybridized carbons (Fsp3) is 0.150. The average molecular weight is 449 g/mol. The number of sulfonamides is 1. The summed E-state index contributed by atoms with van der Waals surface area (Å²) in [5.74, 6) is 0.650. The van der Waals surface area contributed by atoms with E-state index in [0.717, 1.165) is 11.3 Å². The van der Waals surface area contributed by atoms with Gasteiger partial charge in [-0.2, -0.15) is 0 Å². The van der Waals surface area contributed by atoms with Gasteiger partial charge in [0.15, 0.2) is 0 Å². The molecule has 8 nitrogen and oxygen atoms in total. The fourth-order valence-electron chi connectivity index (χ4n) is 2.67. The van der Waals surface area contributed by atoms with Gasteiger partial charge in [0, 0.05) is 12.1 Å². The van der Waals surface area contributed by atoms with Crippen molar-refractivity contribution in [2.24, 2.45) is 0 Å². The van der Waals surface area contributed by atoms with Gasteiger partial charge in [0.05, 0.1) is 31.9 Å². The van der Waals surface area contributed by atoms with Crippen LogP contribution in [-0.2, 0) is 10.0 Å². The van der Waals surface area contributed by atoms with Crippen LogP contribution in [0.15, 0.2) is 58.8 Å². The maximum Gasteiger partial charge on any atom is 0.268 e. The third-order valence-corrected chi connectivity index (χ3v) is 6.42. The van der Waals surface area contributed by atoms with Crippen LogP contribution in [0.3, 0.4) is 0 Å². The Labute approximate surface area is 178 Å². The normalized spacial score (nSPS) is 10.9. The zero-order valence-corrected chi connectivity index (χ0v) is 18.1. The molecule has 158 valence electrons. The van der Waals surface area contributed by atoms with E-state index in [1.54, 1.807) is 35.7 Å². The number of nitrogens with one attached hydrogen (secondary N) is 2. The first-order valence-electron chi connectivity index (χ1n) is 8.66. The summed E-state index contributed by atoms with van der Waals surface area (Å²) in [5, 5.41) is 4.36. The van der Waals surface area contributed by atoms with Crippen molar-refractivity contribution in [1.82, 2.24) is 0 Å². The molecule has 0 aliphatic rings. The summed E-state index contributed by atoms with van der Waals surface area (Å²) in [6.45, 7) is 0. The maximum absolute atomic E-state index is 12.9. The lowest BCUT2D eigenvalue weighted by atomic mass is 10.2. The Hall–Kier alpha value is -3.24. The van der Waals surface area contributed by atoms with Crippen LogP contribution in [0, 0.1) is 0 Å². The van der Waals surface area contributed by atoms with E-state index < -0.39 is 15.9 Å². The Balaban J connectivity index is 1.90. The number of hydrogen-bond acceptors (Lipinski definition) is 7. The number of carbonyl (C=O) groups is 1. The van der Waals surface area contributed by atoms with E-state index >= 15 is 0 Å². The summed E-state index contributed by atoms with van der Waals surface area (Å²) in [4.78, 5) is 13.2. The molecule has 2 N–H and O–H groups in total. The minimum atomic E-state index is -3.84. The number of amides is 1. The van der Waals surface area contributed by atoms with Gasteiger partial charge in [0.2, 0.25) is 0 Å². The van der Waals surface area contributed by atoms with Gasteiger partial charge in [-0.1, -0.05) is 18.2 Å². The van der Waals surface area contributed by atoms with Crippen molar-refractivity contribution in [3.05, 3.63) is 58.8 Å². The second-order valence-electron chi connectivity index (χ2n) is 5.94. The van der Waals surface area contributed by atoms with Crippen molar-refractivity contribution in [2.45, 2.75) is 4.90 Å². The van der Waals surface area contributed by atoms with Crippen LogP contribution in [0.1, 0.15) is 9.67 Å². The SMILES string of the molecule is COc1cc(OC)c(NC(=O)c2sccc2NS(=O)(=O)c2ccccc2)c(OC)c1. The molecule has 2 aromatic carbocycles. The van der Waals surface area contributed by atoms with E-state index in [4.69, 9.17) is 14.2 Å². The van der Waals surface area contributed by atoms with Crippen LogP contribution in [0.25, 0.3) is 0 Å². The lowest BCUT2D eigenvalue weighted by Crippen LogP contribution is -2.17. The number of benzene rings is 2. The van der Waals surface area contributed by atoms with Crippen LogP contribution in [0.4, 0.5) is 11.4 Å². The summed E-state index contributed by atoms with van der Waals surface area (Å²) in [5.41, 5.74) is 0.476. The van der Waals surface area contributed by atoms with E-state index in [2.05, 4.69) is 10.0 Å². The molecule has 0 saturated heterocycles. The highest BCUT2D eigenvalue weighted by Gasteiger charge is 2.22. The van der Waals surface area contributed by atoms with Gasteiger partial charge in [-0.3, -0.25) is 9.52 Å². The van der Waals surface area contributed by atoms with Crippen LogP contribution >= 0.6 is 11.3 Å². The number of anilines is 2. The fourth-order valence-corrected chi connectivity index (χ4v) is 4.57. The molecular weight excluding hydrogens is 428 g/mol. The highest BCUT2D eigenvalue weighted by atomic mass is 32.2. The van der Waals surface area contributed by atoms with Gasteiger partial charge in [-0.15, -0.1) is 11.3 Å². The molecule has 0 bridgehead atoms. The highest BCUT2D eigenvalue weighted by Crippen LogP contribution is 2.39. The van der Waals surface area contributed by atoms with Crippen molar-refractivity contribution < 1.29 is 27.4 Å². The van der Waals surface area contributed by atoms with E-state index in [9.17, 15) is 13.2 Å². The number of thiophene rings is 1. The van der Waals surface area contributed by atoms with Crippen molar-refractivity contribution in [3.63, 3.8) is 0 Å². The number of methoxy groups -OCH3 is 3. The van der Waals surface area contributed by atoms with Gasteiger partial charge in [-0.05, 0) is 23.6 Å². The third kappa shape index (κ3) is 4.50. The molecule has 0 spiro atoms. The topological polar surface area (TPSA) is 103 Å². The standard InChI is InChI=1S/C20H20N2O6S2/c1-26-13-11-16(27-2)18(17(12-13)28-3)21-20(23)19-15(9-10-29-19)22-30(24,25)14-7-5-4-6-8-14/h4-12,22H,1-3H3,(H,21,23). The van der Waals surface area contributed by atoms with Crippen LogP contribution in [0.5, 0.6) is 17.2 Å². The van der Waals surface area contributed by atoms with Crippen molar-refractivity contribution >= 4 is 38.6 Å². The predicted molar refractivity (Wildman–Crippen MR) is 116 cm³/mol. The monoisotopic (exact) mass is 448 g/mol. The first-order valence-corrected chi connectivity index (χ1v) is 11.0. The molecule has 0 unspecified atom stereocenters. The lowest BCUT2D eigenvalue weighted by molar-refractivity contribution is 0.103. The van der Waals surface area contributed by atoms with E-state index in [1.165, 1.54) is 39.5 Å². The molecule has 1 aromatic heterocycles. The molecule has 0 saturated carbocycles. The highest BCUT2D eigenvalue weighted by molar-refractivity contribution is 7.92. The molecule has 3 rings (SSSR count). The maximum atomic E-state index is 12.9. The Kier molecular flexibility index (Phi) is 6.48. The Morgan fingerprint density at radius 2 is 1.57 bits per heavy atom. The van der Waals surface area contributed by atoms with E-state index in [-0.39, 0.29) is 15.5 Å². The van der Waals surface area contributed by atoms with Crippen LogP contribution < -0.4 is 24.2 Å². The second-order valence-corrected chi connectivity index (χ2v) is 8.54. The molecule has 0 fully saturated rings. The number of ether oxygens (including phenoxy) is 3. The van der Waals surface area contributed by atoms with E-state index in [0.29, 0.717) is 22.9 Å². The van der Waals surface area contributed by atoms with Crippen molar-refractivity contribution in [2.75, 3.05) is 31.4 Å². The molecule has 0 aliphatic heterocycles. The lowest BCUT2D eigenvalue weighted by Gasteiger charge is -2.16. The molecule has 0 atom stereocenters. The summed E-state index contributed by atoms with van der Waals surface area (Å²) in [7, 11) is 0.573. The van der Waals surface area contributed by atoms with E-state index in [1.807, 2.05) is 0 Å². The first-order chi connectivity index (χ1) is 14.4. The molecular formula is C20H20N2O6S2. The summed E-state index contributed by atoms with van der Waals surface area (Å²) < 4.78 is 43.6. The summed E-state index contributed by atoms with van der Waals surface area (Å²) in [6, 6.07) is 12.6. The Morgan fingerprint density at radius 3 is 2.13 bits per heavy atom. The molecule has 1 heterocycles. The number of rotatable bonds is 8. The molecule has 10 heteroatoms. The smallest absolute Gasteiger partial charge is 0.268 e. The first kappa shape index (κ1) is 21.5. The zero-order chi connectivity index (χ0) is 21.7. The van der Waals surface area contributed by atoms with Gasteiger partial charge < -0.3 is 19.5 Å². The largest absolute Gasteiger partial charge is 0.496 e. The minimum absolute atomic E-state index is 0.0982. The van der Waals surface area contributed by atoms with Gasteiger partial charge in [-0.25, -0.2) is 8.42 Å². The molecule has 30 heavy (non-hydrogen) atoms. The number of hydrogen-bond donors (Lipinski definition) is 2. The summed E-state index contributed by atoms with van der Waals surface area (Å²) in [6.07, 6.45) is 0. The second kappa shape index (κ2) is 9.06. The van der Waals surface area contributed by atoms with Crippen molar-refractivity contribution in [3.8, 4) is 17.2 Å². The third-order valence-electron chi connectivity index (χ3n) is 4.12. The molecule has 1 amide bonds. The minimum Gasteiger partial charge on any atom is -0.496 e. The quantitative estimate of drug-likeness (QED) is 0.543. The van der Waals surface area contributed by atoms with Gasteiger partial charge in [0.1, 0.15) is 27.8 Å². The van der Waals surface area contributed by atoms with Gasteiger partial charge in [0.25, 0.3) is 15.9 Å². The zero-order valence-electron chi connectivity index (χ0n) is 16.5. The number of carbonyl (C=O) groups excluding carboxylic acids is 1. The van der Waals surface area contributed by atoms with Crippen LogP contribution in [0.2, 0.25) is 0 Å². The van der Waals surface area contributed by atoms with Crippen LogP contribution in [-0.4, -0.2) is 35.7 Å². The predicted octanol–water partition coefficient (Wildman–Crippen LogP) is 3.83. The molecule has 3 aromatic rings. The average Bonchev–Trinajstić information content (AvgIpc) is 3.21. The Bertz CT molecular complexity index is 1120. The molecule has 0 radical (unpaired) electrons. The van der Waals surface area contributed by atoms with Crippen molar-refractivity contribution in [1.29, 1.82) is 0 Å². The van der Waals surface area contributed by atoms with Gasteiger partial charge >= 0.3 is 0 Å². The molecule has 0 aliphatic carbocycles. The summed E-state index contributed by atoms with van der Waals surface area (Å²) >= 11 is 1.10.